The first-order chi connectivity index (χ1) is 3.29. The second-order valence-corrected chi connectivity index (χ2v) is 3.42. The molecular weight excluding hydrogens is 226 g/mol. The van der Waals surface area contributed by atoms with Crippen molar-refractivity contribution in [2.24, 2.45) is 0 Å². The molecule has 0 fully saturated rings. The number of nitrogens with one attached hydrogen (secondary N) is 1. The quantitative estimate of drug-likeness (QED) is 0.315. The summed E-state index contributed by atoms with van der Waals surface area (Å²) in [6.07, 6.45) is 1.76. The fourth-order valence-corrected chi connectivity index (χ4v) is 1.46. The van der Waals surface area contributed by atoms with E-state index in [2.05, 4.69) is 30.9 Å². The summed E-state index contributed by atoms with van der Waals surface area (Å²) in [5.41, 5.74) is 2.79. The molecule has 1 rings (SSSR count). The summed E-state index contributed by atoms with van der Waals surface area (Å²) in [6, 6.07) is 0. The molecule has 0 saturated heterocycles. The van der Waals surface area contributed by atoms with Gasteiger partial charge in [0.2, 0.25) is 0 Å². The Morgan fingerprint density at radius 2 is 2.11 bits per heavy atom. The first-order valence-electron chi connectivity index (χ1n) is 1.61. The van der Waals surface area contributed by atoms with Gasteiger partial charge in [-0.05, 0) is 11.9 Å². The van der Waals surface area contributed by atoms with Gasteiger partial charge in [-0.2, -0.15) is 0 Å². The Bertz CT molecular complexity index is 108. The molecule has 0 aromatic heterocycles. The Morgan fingerprint density at radius 1 is 1.56 bits per heavy atom. The number of hydrogen-bond acceptors (Lipinski definition) is 5. The number of hydrogen-bond donors (Lipinski definition) is 3. The summed E-state index contributed by atoms with van der Waals surface area (Å²) in [7, 11) is 0. The normalized spacial score (nSPS) is 16.9. The zero-order valence-corrected chi connectivity index (χ0v) is 14.2. The maximum absolute atomic E-state index is 4.02. The Balaban J connectivity index is 0. The minimum atomic E-state index is 0. The van der Waals surface area contributed by atoms with Crippen molar-refractivity contribution < 1.29 is 0 Å². The van der Waals surface area contributed by atoms with Gasteiger partial charge in [-0.1, -0.05) is 12.8 Å². The van der Waals surface area contributed by atoms with Gasteiger partial charge >= 0.3 is 0 Å². The summed E-state index contributed by atoms with van der Waals surface area (Å²) in [4.78, 5) is 0. The van der Waals surface area contributed by atoms with Crippen LogP contribution in [0.5, 0.6) is 0 Å². The Labute approximate surface area is 155 Å². The number of hydrazine groups is 1. The zero-order valence-electron chi connectivity index (χ0n) is 5.33. The van der Waals surface area contributed by atoms with Crippen LogP contribution in [0.1, 0.15) is 0 Å². The fourth-order valence-electron chi connectivity index (χ4n) is 0.252. The van der Waals surface area contributed by atoms with Crippen molar-refractivity contribution in [2.45, 2.75) is 0 Å². The molecule has 0 spiro atoms. The molecule has 0 aliphatic carbocycles. The van der Waals surface area contributed by atoms with E-state index in [0.717, 1.165) is 4.24 Å². The van der Waals surface area contributed by atoms with Gasteiger partial charge in [0, 0.05) is 109 Å². The van der Waals surface area contributed by atoms with Crippen LogP contribution in [0.25, 0.3) is 0 Å². The molecular formula is C2H4K2N2S3. The van der Waals surface area contributed by atoms with Crippen LogP contribution in [0.2, 0.25) is 0 Å². The first kappa shape index (κ1) is 15.3. The smallest absolute Gasteiger partial charge is 0.0726 e. The summed E-state index contributed by atoms with van der Waals surface area (Å²) in [5, 5.41) is 0. The molecule has 0 bridgehead atoms. The van der Waals surface area contributed by atoms with E-state index in [4.69, 9.17) is 0 Å². The molecule has 0 atom stereocenters. The van der Waals surface area contributed by atoms with E-state index >= 15 is 0 Å². The molecule has 1 aliphatic heterocycles. The summed E-state index contributed by atoms with van der Waals surface area (Å²) >= 11 is 9.39. The Kier molecular flexibility index (Phi) is 14.3. The van der Waals surface area contributed by atoms with Crippen molar-refractivity contribution in [1.82, 2.24) is 9.25 Å². The van der Waals surface area contributed by atoms with Crippen LogP contribution in [0.15, 0.2) is 10.4 Å². The van der Waals surface area contributed by atoms with Crippen LogP contribution in [0.3, 0.4) is 0 Å². The van der Waals surface area contributed by atoms with Gasteiger partial charge in [0.1, 0.15) is 0 Å². The van der Waals surface area contributed by atoms with Crippen LogP contribution in [-0.4, -0.2) is 107 Å². The monoisotopic (exact) mass is 230 g/mol. The van der Waals surface area contributed by atoms with E-state index in [1.807, 2.05) is 0 Å². The molecule has 0 amide bonds. The molecule has 0 aromatic carbocycles. The SMILES string of the molecule is SC1=CNN(S)S1.[K].[K]. The average molecular weight is 230 g/mol. The van der Waals surface area contributed by atoms with Crippen molar-refractivity contribution in [3.8, 4) is 0 Å². The van der Waals surface area contributed by atoms with Crippen LogP contribution < -0.4 is 5.43 Å². The van der Waals surface area contributed by atoms with Gasteiger partial charge in [-0.15, -0.1) is 16.4 Å². The van der Waals surface area contributed by atoms with Gasteiger partial charge in [-0.25, -0.2) is 0 Å². The predicted molar refractivity (Wildman–Crippen MR) is 50.1 cm³/mol. The van der Waals surface area contributed by atoms with E-state index in [0.29, 0.717) is 0 Å². The summed E-state index contributed by atoms with van der Waals surface area (Å²) in [6.45, 7) is 0. The molecule has 1 N–H and O–H groups in total. The maximum Gasteiger partial charge on any atom is 0.0726 e. The predicted octanol–water partition coefficient (Wildman–Crippen LogP) is 0.267. The molecule has 1 heterocycles. The average Bonchev–Trinajstić information content (AvgIpc) is 1.87. The number of nitrogens with zero attached hydrogens (tertiary/aromatic N) is 1. The molecule has 0 unspecified atom stereocenters. The topological polar surface area (TPSA) is 15.3 Å². The molecule has 7 heteroatoms. The number of rotatable bonds is 0. The molecule has 2 nitrogen and oxygen atoms in total. The standard InChI is InChI=1S/C2H4N2S3.2K/c5-2-1-3-4(6)7-2;;/h1,3,5-6H;;. The molecule has 9 heavy (non-hydrogen) atoms. The largest absolute Gasteiger partial charge is 0.305 e. The third-order valence-electron chi connectivity index (χ3n) is 0.478. The van der Waals surface area contributed by atoms with Gasteiger partial charge in [0.25, 0.3) is 0 Å². The van der Waals surface area contributed by atoms with Crippen molar-refractivity contribution in [3.63, 3.8) is 0 Å². The molecule has 0 saturated carbocycles. The van der Waals surface area contributed by atoms with E-state index in [1.54, 1.807) is 10.0 Å². The third kappa shape index (κ3) is 6.94. The van der Waals surface area contributed by atoms with E-state index < -0.39 is 0 Å². The van der Waals surface area contributed by atoms with E-state index in [-0.39, 0.29) is 103 Å². The third-order valence-corrected chi connectivity index (χ3v) is 1.80. The zero-order chi connectivity index (χ0) is 5.28. The van der Waals surface area contributed by atoms with Crippen LogP contribution in [0, 0.1) is 0 Å². The second-order valence-electron chi connectivity index (χ2n) is 0.976. The van der Waals surface area contributed by atoms with E-state index in [9.17, 15) is 0 Å². The van der Waals surface area contributed by atoms with Gasteiger partial charge in [0.05, 0.1) is 4.24 Å². The van der Waals surface area contributed by atoms with Crippen molar-refractivity contribution in [3.05, 3.63) is 10.4 Å². The van der Waals surface area contributed by atoms with Gasteiger partial charge < -0.3 is 5.43 Å². The second kappa shape index (κ2) is 8.42. The van der Waals surface area contributed by atoms with Crippen molar-refractivity contribution in [1.29, 1.82) is 0 Å². The van der Waals surface area contributed by atoms with Gasteiger partial charge in [0.15, 0.2) is 0 Å². The van der Waals surface area contributed by atoms with Crippen LogP contribution in [0.4, 0.5) is 0 Å². The van der Waals surface area contributed by atoms with Gasteiger partial charge in [-0.3, -0.25) is 0 Å². The molecule has 42 valence electrons. The molecule has 0 aromatic rings. The summed E-state index contributed by atoms with van der Waals surface area (Å²) < 4.78 is 2.50. The minimum Gasteiger partial charge on any atom is -0.305 e. The van der Waals surface area contributed by atoms with E-state index in [1.165, 1.54) is 11.9 Å². The van der Waals surface area contributed by atoms with Crippen LogP contribution in [-0.2, 0) is 0 Å². The Hall–Kier alpha value is 3.82. The Morgan fingerprint density at radius 3 is 2.22 bits per heavy atom. The molecule has 1 aliphatic rings. The van der Waals surface area contributed by atoms with Crippen LogP contribution >= 0.6 is 37.4 Å². The van der Waals surface area contributed by atoms with Crippen molar-refractivity contribution in [2.75, 3.05) is 0 Å². The summed E-state index contributed by atoms with van der Waals surface area (Å²) in [5.74, 6) is 0. The first-order valence-corrected chi connectivity index (χ1v) is 3.23. The fraction of sp³-hybridized carbons (Fsp3) is 0. The van der Waals surface area contributed by atoms with Crippen molar-refractivity contribution >= 4 is 140 Å². The minimum absolute atomic E-state index is 0. The maximum atomic E-state index is 4.02. The number of thiol groups is 2. The molecule has 2 radical (unpaired) electrons.